The Morgan fingerprint density at radius 1 is 1.53 bits per heavy atom. The summed E-state index contributed by atoms with van der Waals surface area (Å²) in [6, 6.07) is -1.08. The second kappa shape index (κ2) is 6.17. The minimum absolute atomic E-state index is 0.209. The van der Waals surface area contributed by atoms with Gasteiger partial charge in [0.1, 0.15) is 6.04 Å². The molecule has 1 fully saturated rings. The van der Waals surface area contributed by atoms with Crippen molar-refractivity contribution in [1.29, 1.82) is 0 Å². The fourth-order valence-corrected chi connectivity index (χ4v) is 3.48. The molecule has 1 atom stereocenters. The summed E-state index contributed by atoms with van der Waals surface area (Å²) in [6.07, 6.45) is 0.858. The van der Waals surface area contributed by atoms with Crippen molar-refractivity contribution in [1.82, 2.24) is 9.03 Å². The van der Waals surface area contributed by atoms with Crippen molar-refractivity contribution in [2.75, 3.05) is 19.7 Å². The molecule has 0 aromatic carbocycles. The minimum Gasteiger partial charge on any atom is -0.480 e. The van der Waals surface area contributed by atoms with Gasteiger partial charge in [-0.05, 0) is 20.3 Å². The number of carboxylic acids is 1. The molecule has 0 amide bonds. The topological polar surface area (TPSA) is 95.9 Å². The average Bonchev–Trinajstić information content (AvgIpc) is 2.26. The van der Waals surface area contributed by atoms with Crippen molar-refractivity contribution in [3.05, 3.63) is 0 Å². The first-order chi connectivity index (χ1) is 8.68. The third-order valence-corrected chi connectivity index (χ3v) is 4.47. The zero-order chi connectivity index (χ0) is 14.7. The summed E-state index contributed by atoms with van der Waals surface area (Å²) in [5, 5.41) is 9.00. The van der Waals surface area contributed by atoms with E-state index in [0.717, 1.165) is 0 Å². The lowest BCUT2D eigenvalue weighted by Gasteiger charge is -2.37. The number of nitrogens with one attached hydrogen (secondary N) is 1. The average molecular weight is 294 g/mol. The number of hydrogen-bond acceptors (Lipinski definition) is 4. The van der Waals surface area contributed by atoms with Crippen LogP contribution >= 0.6 is 0 Å². The van der Waals surface area contributed by atoms with Gasteiger partial charge in [0, 0.05) is 13.1 Å². The molecule has 0 saturated carbocycles. The van der Waals surface area contributed by atoms with Gasteiger partial charge in [-0.2, -0.15) is 17.4 Å². The molecule has 0 bridgehead atoms. The number of rotatable bonds is 6. The van der Waals surface area contributed by atoms with Crippen LogP contribution in [0.4, 0.5) is 0 Å². The normalized spacial score (nSPS) is 22.1. The van der Waals surface area contributed by atoms with E-state index in [-0.39, 0.29) is 19.5 Å². The van der Waals surface area contributed by atoms with Gasteiger partial charge in [-0.1, -0.05) is 13.3 Å². The molecule has 1 unspecified atom stereocenters. The Balaban J connectivity index is 2.77. The van der Waals surface area contributed by atoms with Crippen molar-refractivity contribution in [3.63, 3.8) is 0 Å². The molecule has 2 N–H and O–H groups in total. The maximum Gasteiger partial charge on any atom is 0.321 e. The van der Waals surface area contributed by atoms with Gasteiger partial charge in [0.05, 0.1) is 12.2 Å². The van der Waals surface area contributed by atoms with Gasteiger partial charge >= 0.3 is 5.97 Å². The van der Waals surface area contributed by atoms with E-state index in [9.17, 15) is 13.2 Å². The van der Waals surface area contributed by atoms with Crippen molar-refractivity contribution in [2.45, 2.75) is 45.3 Å². The molecule has 0 aliphatic carbocycles. The van der Waals surface area contributed by atoms with Crippen molar-refractivity contribution in [3.8, 4) is 0 Å². The summed E-state index contributed by atoms with van der Waals surface area (Å²) in [5.41, 5.74) is -0.559. The van der Waals surface area contributed by atoms with Crippen LogP contribution in [0.3, 0.4) is 0 Å². The van der Waals surface area contributed by atoms with E-state index in [0.29, 0.717) is 13.0 Å². The fourth-order valence-electron chi connectivity index (χ4n) is 1.95. The van der Waals surface area contributed by atoms with Crippen LogP contribution in [0.25, 0.3) is 0 Å². The number of nitrogens with zero attached hydrogens (tertiary/aromatic N) is 1. The van der Waals surface area contributed by atoms with E-state index >= 15 is 0 Å². The van der Waals surface area contributed by atoms with E-state index in [4.69, 9.17) is 9.84 Å². The van der Waals surface area contributed by atoms with Crippen LogP contribution in [0.15, 0.2) is 0 Å². The molecule has 0 spiro atoms. The molecule has 19 heavy (non-hydrogen) atoms. The number of ether oxygens (including phenoxy) is 1. The van der Waals surface area contributed by atoms with Gasteiger partial charge in [0.25, 0.3) is 10.2 Å². The Hall–Kier alpha value is -0.700. The summed E-state index contributed by atoms with van der Waals surface area (Å²) < 4.78 is 33.2. The first kappa shape index (κ1) is 16.4. The van der Waals surface area contributed by atoms with Crippen LogP contribution < -0.4 is 4.72 Å². The van der Waals surface area contributed by atoms with E-state index in [1.807, 2.05) is 6.92 Å². The highest BCUT2D eigenvalue weighted by Gasteiger charge is 2.35. The molecule has 1 heterocycles. The summed E-state index contributed by atoms with van der Waals surface area (Å²) in [7, 11) is -3.80. The molecule has 8 heteroatoms. The smallest absolute Gasteiger partial charge is 0.321 e. The molecule has 112 valence electrons. The van der Waals surface area contributed by atoms with E-state index in [1.54, 1.807) is 13.8 Å². The largest absolute Gasteiger partial charge is 0.480 e. The van der Waals surface area contributed by atoms with Gasteiger partial charge in [-0.25, -0.2) is 0 Å². The third-order valence-electron chi connectivity index (χ3n) is 2.90. The summed E-state index contributed by atoms with van der Waals surface area (Å²) in [6.45, 7) is 6.16. The SMILES string of the molecule is CCCC(NS(=O)(=O)N1CCOC(C)(C)C1)C(=O)O. The van der Waals surface area contributed by atoms with Gasteiger partial charge in [-0.3, -0.25) is 4.79 Å². The number of carboxylic acid groups (broad SMARTS) is 1. The molecular weight excluding hydrogens is 272 g/mol. The highest BCUT2D eigenvalue weighted by atomic mass is 32.2. The minimum atomic E-state index is -3.80. The first-order valence-corrected chi connectivity index (χ1v) is 7.76. The number of hydrogen-bond donors (Lipinski definition) is 2. The second-order valence-electron chi connectivity index (χ2n) is 5.24. The number of morpholine rings is 1. The monoisotopic (exact) mass is 294 g/mol. The third kappa shape index (κ3) is 4.72. The Labute approximate surface area is 114 Å². The molecule has 1 aliphatic rings. The molecule has 1 rings (SSSR count). The van der Waals surface area contributed by atoms with Crippen molar-refractivity contribution in [2.24, 2.45) is 0 Å². The molecule has 0 aromatic heterocycles. The molecule has 1 aliphatic heterocycles. The molecule has 7 nitrogen and oxygen atoms in total. The molecule has 0 radical (unpaired) electrons. The standard InChI is InChI=1S/C11H22N2O5S/c1-4-5-9(10(14)15)12-19(16,17)13-6-7-18-11(2,3)8-13/h9,12H,4-8H2,1-3H3,(H,14,15). The van der Waals surface area contributed by atoms with Gasteiger partial charge in [0.15, 0.2) is 0 Å². The van der Waals surface area contributed by atoms with Crippen LogP contribution in [0.5, 0.6) is 0 Å². The van der Waals surface area contributed by atoms with Gasteiger partial charge < -0.3 is 9.84 Å². The zero-order valence-electron chi connectivity index (χ0n) is 11.5. The van der Waals surface area contributed by atoms with E-state index < -0.39 is 27.8 Å². The predicted octanol–water partition coefficient (Wildman–Crippen LogP) is 0.185. The van der Waals surface area contributed by atoms with Crippen molar-refractivity contribution >= 4 is 16.2 Å². The Kier molecular flexibility index (Phi) is 5.31. The quantitative estimate of drug-likeness (QED) is 0.729. The Bertz CT molecular complexity index is 421. The number of aliphatic carboxylic acids is 1. The Morgan fingerprint density at radius 2 is 2.16 bits per heavy atom. The van der Waals surface area contributed by atoms with Gasteiger partial charge in [0.2, 0.25) is 0 Å². The Morgan fingerprint density at radius 3 is 2.63 bits per heavy atom. The maximum atomic E-state index is 12.2. The van der Waals surface area contributed by atoms with E-state index in [1.165, 1.54) is 4.31 Å². The lowest BCUT2D eigenvalue weighted by atomic mass is 10.1. The predicted molar refractivity (Wildman–Crippen MR) is 70.0 cm³/mol. The summed E-state index contributed by atoms with van der Waals surface area (Å²) >= 11 is 0. The summed E-state index contributed by atoms with van der Waals surface area (Å²) in [4.78, 5) is 11.0. The summed E-state index contributed by atoms with van der Waals surface area (Å²) in [5.74, 6) is -1.15. The fraction of sp³-hybridized carbons (Fsp3) is 0.909. The highest BCUT2D eigenvalue weighted by Crippen LogP contribution is 2.18. The molecule has 1 saturated heterocycles. The van der Waals surface area contributed by atoms with Gasteiger partial charge in [-0.15, -0.1) is 0 Å². The van der Waals surface area contributed by atoms with Crippen LogP contribution in [0, 0.1) is 0 Å². The van der Waals surface area contributed by atoms with E-state index in [2.05, 4.69) is 4.72 Å². The zero-order valence-corrected chi connectivity index (χ0v) is 12.4. The first-order valence-electron chi connectivity index (χ1n) is 6.32. The second-order valence-corrected chi connectivity index (χ2v) is 6.95. The van der Waals surface area contributed by atoms with Crippen LogP contribution in [0.1, 0.15) is 33.6 Å². The maximum absolute atomic E-state index is 12.2. The lowest BCUT2D eigenvalue weighted by molar-refractivity contribution is -0.139. The lowest BCUT2D eigenvalue weighted by Crippen LogP contribution is -2.56. The molecular formula is C11H22N2O5S. The number of carbonyl (C=O) groups is 1. The van der Waals surface area contributed by atoms with Crippen LogP contribution in [-0.2, 0) is 19.7 Å². The van der Waals surface area contributed by atoms with Crippen molar-refractivity contribution < 1.29 is 23.1 Å². The van der Waals surface area contributed by atoms with Crippen LogP contribution in [-0.4, -0.2) is 55.1 Å². The van der Waals surface area contributed by atoms with Crippen LogP contribution in [0.2, 0.25) is 0 Å². The highest BCUT2D eigenvalue weighted by molar-refractivity contribution is 7.87. The molecule has 0 aromatic rings.